The first-order valence-corrected chi connectivity index (χ1v) is 8.60. The normalized spacial score (nSPS) is 10.4. The summed E-state index contributed by atoms with van der Waals surface area (Å²) in [7, 11) is 2.68. The Labute approximate surface area is 149 Å². The summed E-state index contributed by atoms with van der Waals surface area (Å²) in [5, 5.41) is 8.83. The second-order valence-electron chi connectivity index (χ2n) is 5.72. The molecule has 0 aliphatic heterocycles. The fourth-order valence-electron chi connectivity index (χ4n) is 2.57. The van der Waals surface area contributed by atoms with Gasteiger partial charge < -0.3 is 19.3 Å². The molecule has 0 saturated heterocycles. The minimum Gasteiger partial charge on any atom is -0.482 e. The zero-order valence-electron chi connectivity index (χ0n) is 15.1. The van der Waals surface area contributed by atoms with Crippen molar-refractivity contribution in [3.63, 3.8) is 0 Å². The first-order chi connectivity index (χ1) is 12.1. The third kappa shape index (κ3) is 8.03. The maximum absolute atomic E-state index is 11.5. The van der Waals surface area contributed by atoms with Crippen molar-refractivity contribution in [1.29, 1.82) is 0 Å². The van der Waals surface area contributed by atoms with E-state index < -0.39 is 5.97 Å². The lowest BCUT2D eigenvalue weighted by Crippen LogP contribution is -2.14. The monoisotopic (exact) mass is 352 g/mol. The van der Waals surface area contributed by atoms with Crippen molar-refractivity contribution in [3.8, 4) is 5.75 Å². The predicted octanol–water partition coefficient (Wildman–Crippen LogP) is 2.44. The van der Waals surface area contributed by atoms with Crippen molar-refractivity contribution in [2.24, 2.45) is 0 Å². The summed E-state index contributed by atoms with van der Waals surface area (Å²) in [5.74, 6) is -0.132. The van der Waals surface area contributed by atoms with Crippen molar-refractivity contribution >= 4 is 11.9 Å². The Morgan fingerprint density at radius 1 is 0.960 bits per heavy atom. The molecular weight excluding hydrogens is 324 g/mol. The molecule has 1 aromatic carbocycles. The molecule has 0 atom stereocenters. The molecule has 0 saturated carbocycles. The van der Waals surface area contributed by atoms with Gasteiger partial charge >= 0.3 is 11.9 Å². The molecule has 0 amide bonds. The highest BCUT2D eigenvalue weighted by Crippen LogP contribution is 2.26. The van der Waals surface area contributed by atoms with E-state index in [-0.39, 0.29) is 25.6 Å². The van der Waals surface area contributed by atoms with Gasteiger partial charge in [0, 0.05) is 13.0 Å². The Balaban J connectivity index is 2.80. The predicted molar refractivity (Wildman–Crippen MR) is 93.5 cm³/mol. The van der Waals surface area contributed by atoms with Gasteiger partial charge in [-0.05, 0) is 42.9 Å². The number of carbonyl (C=O) groups is 2. The van der Waals surface area contributed by atoms with E-state index in [1.165, 1.54) is 14.2 Å². The number of methoxy groups -OCH3 is 2. The number of hydrogen-bond donors (Lipinski definition) is 1. The maximum atomic E-state index is 11.5. The molecule has 0 heterocycles. The van der Waals surface area contributed by atoms with Crippen molar-refractivity contribution < 1.29 is 28.9 Å². The van der Waals surface area contributed by atoms with E-state index in [4.69, 9.17) is 14.6 Å². The number of aryl methyl sites for hydroxylation is 1. The second kappa shape index (κ2) is 12.3. The van der Waals surface area contributed by atoms with Crippen LogP contribution in [0.25, 0.3) is 0 Å². The minimum atomic E-state index is -0.451. The van der Waals surface area contributed by atoms with Crippen LogP contribution in [0.1, 0.15) is 43.2 Å². The van der Waals surface area contributed by atoms with E-state index in [2.05, 4.69) is 4.74 Å². The van der Waals surface area contributed by atoms with Gasteiger partial charge in [-0.15, -0.1) is 0 Å². The number of esters is 2. The number of carbonyl (C=O) groups excluding carboxylic acids is 2. The molecule has 25 heavy (non-hydrogen) atoms. The molecule has 6 nitrogen and oxygen atoms in total. The van der Waals surface area contributed by atoms with Crippen LogP contribution in [0.5, 0.6) is 5.75 Å². The van der Waals surface area contributed by atoms with E-state index in [1.807, 2.05) is 12.1 Å². The number of benzene rings is 1. The zero-order chi connectivity index (χ0) is 18.5. The highest BCUT2D eigenvalue weighted by molar-refractivity contribution is 5.71. The highest BCUT2D eigenvalue weighted by Gasteiger charge is 2.13. The largest absolute Gasteiger partial charge is 0.482 e. The van der Waals surface area contributed by atoms with Gasteiger partial charge in [-0.1, -0.05) is 25.0 Å². The van der Waals surface area contributed by atoms with Gasteiger partial charge in [0.1, 0.15) is 5.75 Å². The molecule has 6 heteroatoms. The van der Waals surface area contributed by atoms with Crippen LogP contribution in [-0.4, -0.2) is 44.5 Å². The van der Waals surface area contributed by atoms with Crippen molar-refractivity contribution in [2.45, 2.75) is 44.9 Å². The molecule has 1 aromatic rings. The van der Waals surface area contributed by atoms with Crippen LogP contribution in [0.15, 0.2) is 18.2 Å². The van der Waals surface area contributed by atoms with E-state index in [0.717, 1.165) is 43.2 Å². The number of hydrogen-bond acceptors (Lipinski definition) is 6. The standard InChI is InChI=1S/C19H28O6/c1-23-18(21)12-11-16-15(8-5-3-4-6-13-20)9-7-10-17(16)25-14-19(22)24-2/h7,9-10,20H,3-6,8,11-14H2,1-2H3. The number of unbranched alkanes of at least 4 members (excludes halogenated alkanes) is 3. The second-order valence-corrected chi connectivity index (χ2v) is 5.72. The molecule has 0 fully saturated rings. The summed E-state index contributed by atoms with van der Waals surface area (Å²) in [5.41, 5.74) is 2.04. The Kier molecular flexibility index (Phi) is 10.3. The summed E-state index contributed by atoms with van der Waals surface area (Å²) >= 11 is 0. The zero-order valence-corrected chi connectivity index (χ0v) is 15.1. The van der Waals surface area contributed by atoms with Gasteiger partial charge in [-0.2, -0.15) is 0 Å². The van der Waals surface area contributed by atoms with E-state index in [0.29, 0.717) is 12.2 Å². The van der Waals surface area contributed by atoms with Crippen LogP contribution < -0.4 is 4.74 Å². The van der Waals surface area contributed by atoms with Crippen molar-refractivity contribution in [1.82, 2.24) is 0 Å². The minimum absolute atomic E-state index is 0.165. The summed E-state index contributed by atoms with van der Waals surface area (Å²) in [6.45, 7) is 0.0584. The summed E-state index contributed by atoms with van der Waals surface area (Å²) in [4.78, 5) is 22.8. The number of ether oxygens (including phenoxy) is 3. The molecule has 0 unspecified atom stereocenters. The van der Waals surface area contributed by atoms with Gasteiger partial charge in [-0.25, -0.2) is 4.79 Å². The van der Waals surface area contributed by atoms with Crippen molar-refractivity contribution in [2.75, 3.05) is 27.4 Å². The molecule has 140 valence electrons. The molecular formula is C19H28O6. The quantitative estimate of drug-likeness (QED) is 0.460. The van der Waals surface area contributed by atoms with Crippen LogP contribution in [-0.2, 0) is 31.9 Å². The van der Waals surface area contributed by atoms with Gasteiger partial charge in [0.25, 0.3) is 0 Å². The molecule has 0 radical (unpaired) electrons. The lowest BCUT2D eigenvalue weighted by molar-refractivity contribution is -0.143. The topological polar surface area (TPSA) is 82.1 Å². The van der Waals surface area contributed by atoms with E-state index in [1.54, 1.807) is 6.07 Å². The summed E-state index contributed by atoms with van der Waals surface area (Å²) in [6, 6.07) is 5.70. The molecule has 0 spiro atoms. The highest BCUT2D eigenvalue weighted by atomic mass is 16.6. The third-order valence-corrected chi connectivity index (χ3v) is 3.96. The van der Waals surface area contributed by atoms with Gasteiger partial charge in [0.2, 0.25) is 0 Å². The molecule has 0 aliphatic carbocycles. The first-order valence-electron chi connectivity index (χ1n) is 8.60. The fraction of sp³-hybridized carbons (Fsp3) is 0.579. The summed E-state index contributed by atoms with van der Waals surface area (Å²) < 4.78 is 14.9. The molecule has 1 rings (SSSR count). The van der Waals surface area contributed by atoms with Gasteiger partial charge in [0.05, 0.1) is 14.2 Å². The van der Waals surface area contributed by atoms with Crippen LogP contribution in [0.3, 0.4) is 0 Å². The Bertz CT molecular complexity index is 541. The SMILES string of the molecule is COC(=O)CCc1c(CCCCCCO)cccc1OCC(=O)OC. The smallest absolute Gasteiger partial charge is 0.343 e. The average Bonchev–Trinajstić information content (AvgIpc) is 2.64. The number of aliphatic hydroxyl groups is 1. The van der Waals surface area contributed by atoms with Gasteiger partial charge in [-0.3, -0.25) is 4.79 Å². The van der Waals surface area contributed by atoms with Crippen LogP contribution in [0.4, 0.5) is 0 Å². The summed E-state index contributed by atoms with van der Waals surface area (Å²) in [6.07, 6.45) is 5.44. The average molecular weight is 352 g/mol. The first kappa shape index (κ1) is 21.0. The lowest BCUT2D eigenvalue weighted by Gasteiger charge is -2.15. The number of rotatable bonds is 12. The van der Waals surface area contributed by atoms with Crippen molar-refractivity contribution in [3.05, 3.63) is 29.3 Å². The maximum Gasteiger partial charge on any atom is 0.343 e. The Morgan fingerprint density at radius 2 is 1.68 bits per heavy atom. The lowest BCUT2D eigenvalue weighted by atomic mass is 9.97. The molecule has 0 bridgehead atoms. The molecule has 0 aliphatic rings. The molecule has 1 N–H and O–H groups in total. The Hall–Kier alpha value is -2.08. The molecule has 0 aromatic heterocycles. The van der Waals surface area contributed by atoms with Crippen LogP contribution >= 0.6 is 0 Å². The van der Waals surface area contributed by atoms with Crippen LogP contribution in [0.2, 0.25) is 0 Å². The number of aliphatic hydroxyl groups excluding tert-OH is 1. The van der Waals surface area contributed by atoms with Crippen LogP contribution in [0, 0.1) is 0 Å². The Morgan fingerprint density at radius 3 is 2.36 bits per heavy atom. The van der Waals surface area contributed by atoms with E-state index >= 15 is 0 Å². The van der Waals surface area contributed by atoms with E-state index in [9.17, 15) is 9.59 Å². The third-order valence-electron chi connectivity index (χ3n) is 3.96. The van der Waals surface area contributed by atoms with Gasteiger partial charge in [0.15, 0.2) is 6.61 Å². The fourth-order valence-corrected chi connectivity index (χ4v) is 2.57.